The number of carboxylic acids is 1. The average Bonchev–Trinajstić information content (AvgIpc) is 3.83. The van der Waals surface area contributed by atoms with Crippen LogP contribution in [0.5, 0.6) is 5.75 Å². The third kappa shape index (κ3) is 13.5. The SMILES string of the molecule is CC(=O)N[C@@H](Cc1ccc(O)cc1)C(=O)N1CCC[C@H]1C(=O)N[C@@H](CCC(=O)O)C(=O)N[C@@H](CC(C)C)C(=O)N1CCC[C@H]1C(=O)N[C@@H](CCCCN)C(N)=O. The van der Waals surface area contributed by atoms with Gasteiger partial charge in [-0.05, 0) is 87.9 Å². The zero-order valence-electron chi connectivity index (χ0n) is 32.5. The number of carbonyl (C=O) groups excluding carboxylic acids is 7. The fourth-order valence-electron chi connectivity index (χ4n) is 7.14. The molecule has 1 aromatic rings. The van der Waals surface area contributed by atoms with Crippen LogP contribution in [0.1, 0.15) is 90.5 Å². The molecule has 0 saturated carbocycles. The molecular formula is C38H58N8O10. The minimum atomic E-state index is -1.40. The van der Waals surface area contributed by atoms with Gasteiger partial charge in [-0.1, -0.05) is 26.0 Å². The van der Waals surface area contributed by atoms with E-state index >= 15 is 0 Å². The van der Waals surface area contributed by atoms with Gasteiger partial charge in [0.2, 0.25) is 41.4 Å². The van der Waals surface area contributed by atoms with Gasteiger partial charge in [-0.3, -0.25) is 38.4 Å². The van der Waals surface area contributed by atoms with Crippen molar-refractivity contribution in [3.63, 3.8) is 0 Å². The number of carbonyl (C=O) groups is 8. The maximum atomic E-state index is 14.0. The Kier molecular flexibility index (Phi) is 17.5. The molecule has 2 aliphatic rings. The molecule has 0 unspecified atom stereocenters. The summed E-state index contributed by atoms with van der Waals surface area (Å²) in [6.45, 7) is 5.76. The molecule has 18 nitrogen and oxygen atoms in total. The van der Waals surface area contributed by atoms with E-state index < -0.39 is 90.0 Å². The summed E-state index contributed by atoms with van der Waals surface area (Å²) >= 11 is 0. The Bertz CT molecular complexity index is 1570. The highest BCUT2D eigenvalue weighted by Gasteiger charge is 2.41. The molecular weight excluding hydrogens is 728 g/mol. The van der Waals surface area contributed by atoms with E-state index in [0.717, 1.165) is 0 Å². The molecule has 0 aromatic heterocycles. The molecule has 10 N–H and O–H groups in total. The Labute approximate surface area is 326 Å². The first-order valence-electron chi connectivity index (χ1n) is 19.3. The zero-order valence-corrected chi connectivity index (χ0v) is 32.5. The van der Waals surface area contributed by atoms with Gasteiger partial charge < -0.3 is 52.7 Å². The highest BCUT2D eigenvalue weighted by atomic mass is 16.4. The number of phenolic OH excluding ortho intramolecular Hbond substituents is 1. The van der Waals surface area contributed by atoms with Crippen LogP contribution >= 0.6 is 0 Å². The van der Waals surface area contributed by atoms with Gasteiger partial charge in [0.25, 0.3) is 0 Å². The van der Waals surface area contributed by atoms with Crippen LogP contribution in [-0.2, 0) is 44.8 Å². The number of nitrogens with zero attached hydrogens (tertiary/aromatic N) is 2. The quantitative estimate of drug-likeness (QED) is 0.0729. The number of rotatable bonds is 21. The summed E-state index contributed by atoms with van der Waals surface area (Å²) in [7, 11) is 0. The molecule has 2 fully saturated rings. The first-order chi connectivity index (χ1) is 26.5. The van der Waals surface area contributed by atoms with Crippen molar-refractivity contribution in [3.05, 3.63) is 29.8 Å². The second-order valence-corrected chi connectivity index (χ2v) is 14.9. The lowest BCUT2D eigenvalue weighted by atomic mass is 10.0. The Balaban J connectivity index is 1.78. The first kappa shape index (κ1) is 45.1. The van der Waals surface area contributed by atoms with Gasteiger partial charge in [0.15, 0.2) is 0 Å². The molecule has 0 spiro atoms. The number of carboxylic acid groups (broad SMARTS) is 1. The fraction of sp³-hybridized carbons (Fsp3) is 0.632. The molecule has 0 bridgehead atoms. The van der Waals surface area contributed by atoms with Crippen LogP contribution in [0.2, 0.25) is 0 Å². The topological polar surface area (TPSA) is 284 Å². The molecule has 6 atom stereocenters. The summed E-state index contributed by atoms with van der Waals surface area (Å²) in [5, 5.41) is 29.7. The summed E-state index contributed by atoms with van der Waals surface area (Å²) in [4.78, 5) is 107. The number of nitrogens with one attached hydrogen (secondary N) is 4. The monoisotopic (exact) mass is 786 g/mol. The third-order valence-corrected chi connectivity index (χ3v) is 9.94. The number of phenols is 1. The first-order valence-corrected chi connectivity index (χ1v) is 19.3. The predicted octanol–water partition coefficient (Wildman–Crippen LogP) is -0.599. The summed E-state index contributed by atoms with van der Waals surface area (Å²) in [5.41, 5.74) is 11.7. The van der Waals surface area contributed by atoms with Crippen molar-refractivity contribution in [2.24, 2.45) is 17.4 Å². The molecule has 56 heavy (non-hydrogen) atoms. The summed E-state index contributed by atoms with van der Waals surface area (Å²) in [5.74, 6) is -5.61. The highest BCUT2D eigenvalue weighted by Crippen LogP contribution is 2.23. The highest BCUT2D eigenvalue weighted by molar-refractivity contribution is 5.97. The van der Waals surface area contributed by atoms with E-state index in [-0.39, 0.29) is 56.9 Å². The molecule has 3 rings (SSSR count). The maximum Gasteiger partial charge on any atom is 0.303 e. The number of aromatic hydroxyl groups is 1. The summed E-state index contributed by atoms with van der Waals surface area (Å²) in [6.07, 6.45) is 2.42. The van der Waals surface area contributed by atoms with Gasteiger partial charge >= 0.3 is 5.97 Å². The van der Waals surface area contributed by atoms with Crippen molar-refractivity contribution in [3.8, 4) is 5.75 Å². The number of primary amides is 1. The lowest BCUT2D eigenvalue weighted by Crippen LogP contribution is -2.59. The minimum Gasteiger partial charge on any atom is -0.508 e. The standard InChI is InChI=1S/C38H58N8O10/c1-22(2)20-28(37(55)45-18-6-9-30(45)35(53)42-26(33(40)51)8-4-5-17-39)44-34(52)27(15-16-32(49)50)43-36(54)31-10-7-19-46(31)38(56)29(41-23(3)47)21-24-11-13-25(48)14-12-24/h11-14,22,26-31,48H,4-10,15-21,39H2,1-3H3,(H2,40,51)(H,41,47)(H,42,53)(H,43,54)(H,44,52)(H,49,50)/t26-,27-,28-,29-,30-,31-/m0/s1. The van der Waals surface area contributed by atoms with Crippen molar-refractivity contribution >= 4 is 47.3 Å². The molecule has 7 amide bonds. The lowest BCUT2D eigenvalue weighted by molar-refractivity contribution is -0.144. The van der Waals surface area contributed by atoms with Crippen LogP contribution in [-0.4, -0.2) is 123 Å². The van der Waals surface area contributed by atoms with Crippen molar-refractivity contribution in [1.82, 2.24) is 31.1 Å². The van der Waals surface area contributed by atoms with E-state index in [1.54, 1.807) is 12.1 Å². The van der Waals surface area contributed by atoms with Crippen molar-refractivity contribution in [1.29, 1.82) is 0 Å². The van der Waals surface area contributed by atoms with Crippen molar-refractivity contribution in [2.75, 3.05) is 19.6 Å². The van der Waals surface area contributed by atoms with Crippen LogP contribution in [0, 0.1) is 5.92 Å². The van der Waals surface area contributed by atoms with Crippen molar-refractivity contribution < 1.29 is 48.6 Å². The van der Waals surface area contributed by atoms with Crippen LogP contribution in [0.15, 0.2) is 24.3 Å². The second-order valence-electron chi connectivity index (χ2n) is 14.9. The molecule has 0 radical (unpaired) electrons. The minimum absolute atomic E-state index is 0.0292. The normalized spacial score (nSPS) is 18.7. The van der Waals surface area contributed by atoms with E-state index in [0.29, 0.717) is 44.2 Å². The van der Waals surface area contributed by atoms with E-state index in [9.17, 15) is 48.6 Å². The Morgan fingerprint density at radius 2 is 1.32 bits per heavy atom. The Hall–Kier alpha value is -5.26. The number of amides is 7. The molecule has 310 valence electrons. The van der Waals surface area contributed by atoms with E-state index in [2.05, 4.69) is 21.3 Å². The van der Waals surface area contributed by atoms with E-state index in [1.807, 2.05) is 13.8 Å². The van der Waals surface area contributed by atoms with Gasteiger partial charge in [0.1, 0.15) is 42.0 Å². The molecule has 2 aliphatic heterocycles. The predicted molar refractivity (Wildman–Crippen MR) is 203 cm³/mol. The molecule has 2 saturated heterocycles. The average molecular weight is 787 g/mol. The molecule has 2 heterocycles. The summed E-state index contributed by atoms with van der Waals surface area (Å²) < 4.78 is 0. The Morgan fingerprint density at radius 3 is 1.82 bits per heavy atom. The zero-order chi connectivity index (χ0) is 41.5. The second kappa shape index (κ2) is 21.7. The molecule has 0 aliphatic carbocycles. The number of aliphatic carboxylic acids is 1. The fourth-order valence-corrected chi connectivity index (χ4v) is 7.14. The Morgan fingerprint density at radius 1 is 0.768 bits per heavy atom. The largest absolute Gasteiger partial charge is 0.508 e. The smallest absolute Gasteiger partial charge is 0.303 e. The van der Waals surface area contributed by atoms with Crippen LogP contribution < -0.4 is 32.7 Å². The summed E-state index contributed by atoms with van der Waals surface area (Å²) in [6, 6.07) is -0.351. The van der Waals surface area contributed by atoms with Crippen LogP contribution in [0.4, 0.5) is 0 Å². The number of benzene rings is 1. The van der Waals surface area contributed by atoms with Gasteiger partial charge in [-0.15, -0.1) is 0 Å². The van der Waals surface area contributed by atoms with Crippen LogP contribution in [0.3, 0.4) is 0 Å². The van der Waals surface area contributed by atoms with E-state index in [1.165, 1.54) is 28.9 Å². The van der Waals surface area contributed by atoms with Gasteiger partial charge in [-0.2, -0.15) is 0 Å². The number of hydrogen-bond acceptors (Lipinski definition) is 10. The van der Waals surface area contributed by atoms with Gasteiger partial charge in [0.05, 0.1) is 0 Å². The van der Waals surface area contributed by atoms with E-state index in [4.69, 9.17) is 11.5 Å². The lowest BCUT2D eigenvalue weighted by Gasteiger charge is -2.32. The molecule has 1 aromatic carbocycles. The third-order valence-electron chi connectivity index (χ3n) is 9.94. The number of likely N-dealkylation sites (tertiary alicyclic amines) is 2. The number of unbranched alkanes of at least 4 members (excludes halogenated alkanes) is 1. The van der Waals surface area contributed by atoms with Gasteiger partial charge in [-0.25, -0.2) is 0 Å². The van der Waals surface area contributed by atoms with Crippen molar-refractivity contribution in [2.45, 2.75) is 128 Å². The molecule has 18 heteroatoms. The van der Waals surface area contributed by atoms with Gasteiger partial charge in [0, 0.05) is 32.9 Å². The van der Waals surface area contributed by atoms with Crippen LogP contribution in [0.25, 0.3) is 0 Å². The number of nitrogens with two attached hydrogens (primary N) is 2. The maximum absolute atomic E-state index is 14.0. The number of hydrogen-bond donors (Lipinski definition) is 8.